The molecule has 0 saturated heterocycles. The Bertz CT molecular complexity index is 281. The highest BCUT2D eigenvalue weighted by Crippen LogP contribution is 2.06. The minimum absolute atomic E-state index is 0.424. The molecule has 0 saturated carbocycles. The molecule has 1 aromatic carbocycles. The molecule has 0 heterocycles. The van der Waals surface area contributed by atoms with E-state index in [-0.39, 0.29) is 0 Å². The molecule has 1 rings (SSSR count). The van der Waals surface area contributed by atoms with Crippen molar-refractivity contribution in [2.45, 2.75) is 33.2 Å². The van der Waals surface area contributed by atoms with Crippen LogP contribution in [0, 0.1) is 6.92 Å². The van der Waals surface area contributed by atoms with Crippen molar-refractivity contribution < 1.29 is 4.74 Å². The highest BCUT2D eigenvalue weighted by Gasteiger charge is 2.07. The van der Waals surface area contributed by atoms with Crippen molar-refractivity contribution in [1.82, 2.24) is 5.32 Å². The fourth-order valence-electron chi connectivity index (χ4n) is 1.75. The van der Waals surface area contributed by atoms with E-state index in [0.29, 0.717) is 6.04 Å². The molecule has 0 aromatic heterocycles. The molecule has 0 fully saturated rings. The van der Waals surface area contributed by atoms with Crippen LogP contribution in [0.5, 0.6) is 0 Å². The zero-order valence-electron chi connectivity index (χ0n) is 10.6. The molecule has 90 valence electrons. The Kier molecular flexibility index (Phi) is 6.12. The molecular formula is C14H23NO. The smallest absolute Gasteiger partial charge is 0.0622 e. The predicted octanol–water partition coefficient (Wildman–Crippen LogP) is 2.55. The molecule has 1 aromatic rings. The van der Waals surface area contributed by atoms with Crippen LogP contribution < -0.4 is 5.32 Å². The summed E-state index contributed by atoms with van der Waals surface area (Å²) in [6.07, 6.45) is 1.04. The molecule has 1 unspecified atom stereocenters. The van der Waals surface area contributed by atoms with E-state index in [2.05, 4.69) is 43.4 Å². The number of likely N-dealkylation sites (N-methyl/N-ethyl adjacent to an activating group) is 1. The summed E-state index contributed by atoms with van der Waals surface area (Å²) in [5, 5.41) is 3.46. The van der Waals surface area contributed by atoms with E-state index in [9.17, 15) is 0 Å². The molecule has 0 aliphatic carbocycles. The Morgan fingerprint density at radius 2 is 1.88 bits per heavy atom. The van der Waals surface area contributed by atoms with Crippen molar-refractivity contribution in [3.8, 4) is 0 Å². The van der Waals surface area contributed by atoms with Crippen molar-refractivity contribution >= 4 is 0 Å². The molecule has 0 amide bonds. The summed E-state index contributed by atoms with van der Waals surface area (Å²) >= 11 is 0. The summed E-state index contributed by atoms with van der Waals surface area (Å²) in [6, 6.07) is 9.16. The van der Waals surface area contributed by atoms with Crippen molar-refractivity contribution in [2.75, 3.05) is 19.8 Å². The topological polar surface area (TPSA) is 21.3 Å². The average Bonchev–Trinajstić information content (AvgIpc) is 2.29. The molecule has 16 heavy (non-hydrogen) atoms. The molecule has 0 aliphatic heterocycles. The van der Waals surface area contributed by atoms with Gasteiger partial charge >= 0.3 is 0 Å². The van der Waals surface area contributed by atoms with E-state index in [4.69, 9.17) is 4.74 Å². The number of nitrogens with one attached hydrogen (secondary N) is 1. The predicted molar refractivity (Wildman–Crippen MR) is 68.8 cm³/mol. The lowest BCUT2D eigenvalue weighted by Gasteiger charge is -2.17. The molecule has 0 spiro atoms. The number of hydrogen-bond acceptors (Lipinski definition) is 2. The van der Waals surface area contributed by atoms with Gasteiger partial charge in [-0.25, -0.2) is 0 Å². The van der Waals surface area contributed by atoms with Gasteiger partial charge in [0, 0.05) is 12.6 Å². The van der Waals surface area contributed by atoms with Crippen molar-refractivity contribution in [3.05, 3.63) is 35.4 Å². The first-order valence-electron chi connectivity index (χ1n) is 6.13. The quantitative estimate of drug-likeness (QED) is 0.764. The molecule has 1 atom stereocenters. The van der Waals surface area contributed by atoms with E-state index in [1.807, 2.05) is 6.92 Å². The Morgan fingerprint density at radius 3 is 2.44 bits per heavy atom. The van der Waals surface area contributed by atoms with Crippen LogP contribution in [0.2, 0.25) is 0 Å². The van der Waals surface area contributed by atoms with Crippen molar-refractivity contribution in [3.63, 3.8) is 0 Å². The maximum Gasteiger partial charge on any atom is 0.0622 e. The Hall–Kier alpha value is -0.860. The molecule has 0 aliphatic rings. The van der Waals surface area contributed by atoms with Gasteiger partial charge in [-0.15, -0.1) is 0 Å². The van der Waals surface area contributed by atoms with E-state index in [1.165, 1.54) is 11.1 Å². The van der Waals surface area contributed by atoms with E-state index >= 15 is 0 Å². The number of aryl methyl sites for hydroxylation is 1. The lowest BCUT2D eigenvalue weighted by molar-refractivity contribution is 0.123. The third kappa shape index (κ3) is 4.77. The molecule has 2 nitrogen and oxygen atoms in total. The molecular weight excluding hydrogens is 198 g/mol. The zero-order chi connectivity index (χ0) is 11.8. The monoisotopic (exact) mass is 221 g/mol. The van der Waals surface area contributed by atoms with Crippen molar-refractivity contribution in [2.24, 2.45) is 0 Å². The van der Waals surface area contributed by atoms with Crippen LogP contribution in [0.3, 0.4) is 0 Å². The SMILES string of the molecule is CCNC(COCC)Cc1ccc(C)cc1. The van der Waals surface area contributed by atoms with E-state index in [0.717, 1.165) is 26.2 Å². The van der Waals surface area contributed by atoms with Gasteiger partial charge in [-0.3, -0.25) is 0 Å². The number of benzene rings is 1. The standard InChI is InChI=1S/C14H23NO/c1-4-15-14(11-16-5-2)10-13-8-6-12(3)7-9-13/h6-9,14-15H,4-5,10-11H2,1-3H3. The Labute approximate surface area is 99.0 Å². The van der Waals surface area contributed by atoms with Gasteiger partial charge in [0.05, 0.1) is 6.61 Å². The average molecular weight is 221 g/mol. The third-order valence-corrected chi connectivity index (χ3v) is 2.62. The summed E-state index contributed by atoms with van der Waals surface area (Å²) in [7, 11) is 0. The van der Waals surface area contributed by atoms with Crippen LogP contribution in [0.25, 0.3) is 0 Å². The maximum atomic E-state index is 5.48. The van der Waals surface area contributed by atoms with Gasteiger partial charge in [-0.1, -0.05) is 36.8 Å². The maximum absolute atomic E-state index is 5.48. The van der Waals surface area contributed by atoms with Crippen molar-refractivity contribution in [1.29, 1.82) is 0 Å². The van der Waals surface area contributed by atoms with Gasteiger partial charge in [-0.05, 0) is 32.4 Å². The van der Waals surface area contributed by atoms with E-state index in [1.54, 1.807) is 0 Å². The lowest BCUT2D eigenvalue weighted by Crippen LogP contribution is -2.35. The highest BCUT2D eigenvalue weighted by molar-refractivity contribution is 5.22. The highest BCUT2D eigenvalue weighted by atomic mass is 16.5. The second-order valence-electron chi connectivity index (χ2n) is 4.10. The van der Waals surface area contributed by atoms with Crippen LogP contribution in [0.4, 0.5) is 0 Å². The van der Waals surface area contributed by atoms with Crippen LogP contribution in [0.1, 0.15) is 25.0 Å². The zero-order valence-corrected chi connectivity index (χ0v) is 10.6. The second-order valence-corrected chi connectivity index (χ2v) is 4.10. The van der Waals surface area contributed by atoms with E-state index < -0.39 is 0 Å². The molecule has 0 bridgehead atoms. The van der Waals surface area contributed by atoms with Crippen LogP contribution in [-0.4, -0.2) is 25.8 Å². The van der Waals surface area contributed by atoms with Gasteiger partial charge in [0.1, 0.15) is 0 Å². The first kappa shape index (κ1) is 13.2. The van der Waals surface area contributed by atoms with Gasteiger partial charge in [-0.2, -0.15) is 0 Å². The second kappa shape index (κ2) is 7.42. The Balaban J connectivity index is 2.49. The molecule has 0 radical (unpaired) electrons. The minimum atomic E-state index is 0.424. The van der Waals surface area contributed by atoms with Gasteiger partial charge < -0.3 is 10.1 Å². The summed E-state index contributed by atoms with van der Waals surface area (Å²) in [6.45, 7) is 8.85. The number of rotatable bonds is 7. The first-order chi connectivity index (χ1) is 7.76. The third-order valence-electron chi connectivity index (χ3n) is 2.62. The molecule has 2 heteroatoms. The van der Waals surface area contributed by atoms with Crippen LogP contribution in [-0.2, 0) is 11.2 Å². The van der Waals surface area contributed by atoms with Gasteiger partial charge in [0.2, 0.25) is 0 Å². The van der Waals surface area contributed by atoms with Crippen LogP contribution in [0.15, 0.2) is 24.3 Å². The fraction of sp³-hybridized carbons (Fsp3) is 0.571. The summed E-state index contributed by atoms with van der Waals surface area (Å²) in [5.74, 6) is 0. The Morgan fingerprint density at radius 1 is 1.19 bits per heavy atom. The summed E-state index contributed by atoms with van der Waals surface area (Å²) in [4.78, 5) is 0. The normalized spacial score (nSPS) is 12.7. The van der Waals surface area contributed by atoms with Crippen LogP contribution >= 0.6 is 0 Å². The number of ether oxygens (including phenoxy) is 1. The first-order valence-corrected chi connectivity index (χ1v) is 6.13. The fourth-order valence-corrected chi connectivity index (χ4v) is 1.75. The largest absolute Gasteiger partial charge is 0.380 e. The van der Waals surface area contributed by atoms with Gasteiger partial charge in [0.25, 0.3) is 0 Å². The lowest BCUT2D eigenvalue weighted by atomic mass is 10.0. The number of hydrogen-bond donors (Lipinski definition) is 1. The summed E-state index contributed by atoms with van der Waals surface area (Å²) in [5.41, 5.74) is 2.69. The summed E-state index contributed by atoms with van der Waals surface area (Å²) < 4.78 is 5.48. The van der Waals surface area contributed by atoms with Gasteiger partial charge in [0.15, 0.2) is 0 Å². The molecule has 1 N–H and O–H groups in total. The minimum Gasteiger partial charge on any atom is -0.380 e.